The van der Waals surface area contributed by atoms with Crippen molar-refractivity contribution in [2.75, 3.05) is 22.4 Å². The van der Waals surface area contributed by atoms with Crippen LogP contribution in [0, 0.1) is 0 Å². The molecule has 3 aromatic carbocycles. The minimum Gasteiger partial charge on any atom is -0.494 e. The van der Waals surface area contributed by atoms with Crippen molar-refractivity contribution in [2.45, 2.75) is 31.2 Å². The van der Waals surface area contributed by atoms with Gasteiger partial charge in [-0.2, -0.15) is 0 Å². The number of hydrogen-bond donors (Lipinski definition) is 0. The maximum Gasteiger partial charge on any atom is 0.264 e. The summed E-state index contributed by atoms with van der Waals surface area (Å²) in [6, 6.07) is 22.9. The van der Waals surface area contributed by atoms with Gasteiger partial charge in [-0.15, -0.1) is 0 Å². The normalized spacial score (nSPS) is 13.3. The van der Waals surface area contributed by atoms with Gasteiger partial charge in [0.2, 0.25) is 0 Å². The van der Waals surface area contributed by atoms with Crippen molar-refractivity contribution in [3.8, 4) is 5.75 Å². The highest BCUT2D eigenvalue weighted by molar-refractivity contribution is 7.92. The number of furan rings is 1. The van der Waals surface area contributed by atoms with E-state index in [-0.39, 0.29) is 17.3 Å². The monoisotopic (exact) mass is 573 g/mol. The molecule has 0 aliphatic carbocycles. The Morgan fingerprint density at radius 1 is 1.07 bits per heavy atom. The number of nitrogens with zero attached hydrogens (tertiary/aromatic N) is 3. The van der Waals surface area contributed by atoms with Crippen LogP contribution in [0.25, 0.3) is 10.2 Å². The van der Waals surface area contributed by atoms with E-state index in [1.165, 1.54) is 27.8 Å². The molecule has 1 aliphatic rings. The lowest BCUT2D eigenvalue weighted by molar-refractivity contribution is 0.0983. The largest absolute Gasteiger partial charge is 0.494 e. The number of anilines is 2. The summed E-state index contributed by atoms with van der Waals surface area (Å²) in [4.78, 5) is 20.2. The lowest BCUT2D eigenvalue weighted by Crippen LogP contribution is -2.35. The second-order valence-electron chi connectivity index (χ2n) is 9.36. The molecule has 0 unspecified atom stereocenters. The zero-order valence-corrected chi connectivity index (χ0v) is 23.5. The molecule has 0 radical (unpaired) electrons. The van der Waals surface area contributed by atoms with Gasteiger partial charge >= 0.3 is 0 Å². The van der Waals surface area contributed by atoms with Crippen molar-refractivity contribution in [3.05, 3.63) is 102 Å². The molecule has 0 spiro atoms. The first-order valence-electron chi connectivity index (χ1n) is 13.0. The summed E-state index contributed by atoms with van der Waals surface area (Å²) >= 11 is 1.38. The zero-order valence-electron chi connectivity index (χ0n) is 21.8. The fraction of sp³-hybridized carbons (Fsp3) is 0.200. The molecule has 0 saturated heterocycles. The molecular formula is C30H27N3O5S2. The van der Waals surface area contributed by atoms with Crippen molar-refractivity contribution in [1.82, 2.24) is 4.98 Å². The van der Waals surface area contributed by atoms with Crippen molar-refractivity contribution in [1.29, 1.82) is 0 Å². The zero-order chi connectivity index (χ0) is 27.7. The Labute approximate surface area is 236 Å². The number of carbonyl (C=O) groups excluding carboxylic acids is 1. The number of hydrogen-bond acceptors (Lipinski definition) is 7. The molecule has 0 atom stereocenters. The highest BCUT2D eigenvalue weighted by atomic mass is 32.2. The Morgan fingerprint density at radius 2 is 1.90 bits per heavy atom. The first-order chi connectivity index (χ1) is 19.4. The van der Waals surface area contributed by atoms with E-state index in [1.54, 1.807) is 35.4 Å². The minimum absolute atomic E-state index is 0.141. The lowest BCUT2D eigenvalue weighted by atomic mass is 10.0. The summed E-state index contributed by atoms with van der Waals surface area (Å²) in [5.41, 5.74) is 2.83. The van der Waals surface area contributed by atoms with Crippen molar-refractivity contribution in [2.24, 2.45) is 0 Å². The van der Waals surface area contributed by atoms with Crippen LogP contribution in [0.1, 0.15) is 35.0 Å². The van der Waals surface area contributed by atoms with E-state index < -0.39 is 10.0 Å². The third-order valence-electron chi connectivity index (χ3n) is 6.79. The quantitative estimate of drug-likeness (QED) is 0.217. The number of sulfonamides is 1. The van der Waals surface area contributed by atoms with Crippen molar-refractivity contribution in [3.63, 3.8) is 0 Å². The summed E-state index contributed by atoms with van der Waals surface area (Å²) in [6.45, 7) is 3.07. The van der Waals surface area contributed by atoms with E-state index in [1.807, 2.05) is 49.4 Å². The maximum absolute atomic E-state index is 13.8. The number of carbonyl (C=O) groups is 1. The average molecular weight is 574 g/mol. The first-order valence-corrected chi connectivity index (χ1v) is 15.3. The van der Waals surface area contributed by atoms with E-state index >= 15 is 0 Å². The average Bonchev–Trinajstić information content (AvgIpc) is 3.65. The first kappa shape index (κ1) is 26.1. The van der Waals surface area contributed by atoms with E-state index in [4.69, 9.17) is 14.1 Å². The van der Waals surface area contributed by atoms with Crippen LogP contribution < -0.4 is 13.9 Å². The predicted octanol–water partition coefficient (Wildman–Crippen LogP) is 6.28. The molecule has 204 valence electrons. The number of benzene rings is 3. The molecule has 10 heteroatoms. The van der Waals surface area contributed by atoms with Gasteiger partial charge in [-0.05, 0) is 86.0 Å². The molecule has 0 bridgehead atoms. The van der Waals surface area contributed by atoms with Crippen molar-refractivity contribution >= 4 is 48.3 Å². The number of fused-ring (bicyclic) bond motifs is 2. The summed E-state index contributed by atoms with van der Waals surface area (Å²) in [5.74, 6) is 1.03. The van der Waals surface area contributed by atoms with E-state index in [0.29, 0.717) is 35.3 Å². The number of para-hydroxylation sites is 1. The number of thiazole rings is 1. The lowest BCUT2D eigenvalue weighted by Gasteiger charge is -2.30. The molecule has 3 heterocycles. The Bertz CT molecular complexity index is 1760. The Balaban J connectivity index is 1.31. The van der Waals surface area contributed by atoms with Crippen molar-refractivity contribution < 1.29 is 22.4 Å². The maximum atomic E-state index is 13.8. The topological polar surface area (TPSA) is 93.0 Å². The molecule has 5 aromatic rings. The number of rotatable bonds is 8. The van der Waals surface area contributed by atoms with Crippen LogP contribution in [-0.4, -0.2) is 32.5 Å². The van der Waals surface area contributed by atoms with Crippen LogP contribution in [-0.2, 0) is 23.0 Å². The molecule has 8 nitrogen and oxygen atoms in total. The Morgan fingerprint density at radius 3 is 2.67 bits per heavy atom. The highest BCUT2D eigenvalue weighted by Crippen LogP contribution is 2.34. The fourth-order valence-electron chi connectivity index (χ4n) is 4.85. The molecule has 1 aliphatic heterocycles. The number of amides is 1. The SMILES string of the molecule is CCOc1ccc2nc(N(Cc3ccco3)C(=O)c3ccc(S(=O)(=O)N4CCCc5ccccc54)cc3)sc2c1. The fourth-order valence-corrected chi connectivity index (χ4v) is 7.38. The molecule has 0 fully saturated rings. The van der Waals surface area contributed by atoms with Crippen LogP contribution in [0.5, 0.6) is 5.75 Å². The summed E-state index contributed by atoms with van der Waals surface area (Å²) in [6.07, 6.45) is 3.16. The number of aryl methyl sites for hydroxylation is 1. The molecular weight excluding hydrogens is 546 g/mol. The second-order valence-corrected chi connectivity index (χ2v) is 12.2. The summed E-state index contributed by atoms with van der Waals surface area (Å²) in [7, 11) is -3.79. The van der Waals surface area contributed by atoms with Gasteiger partial charge in [0.05, 0.1) is 40.2 Å². The third kappa shape index (κ3) is 4.96. The molecule has 0 saturated carbocycles. The van der Waals surface area contributed by atoms with Gasteiger partial charge in [-0.25, -0.2) is 13.4 Å². The molecule has 6 rings (SSSR count). The molecule has 0 N–H and O–H groups in total. The Hall–Kier alpha value is -4.15. The summed E-state index contributed by atoms with van der Waals surface area (Å²) < 4.78 is 40.6. The van der Waals surface area contributed by atoms with Crippen LogP contribution in [0.15, 0.2) is 94.4 Å². The summed E-state index contributed by atoms with van der Waals surface area (Å²) in [5, 5.41) is 0.506. The van der Waals surface area contributed by atoms with Crippen LogP contribution >= 0.6 is 11.3 Å². The van der Waals surface area contributed by atoms with Gasteiger partial charge in [0.25, 0.3) is 15.9 Å². The highest BCUT2D eigenvalue weighted by Gasteiger charge is 2.30. The number of ether oxygens (including phenoxy) is 1. The van der Waals surface area contributed by atoms with Gasteiger partial charge in [-0.1, -0.05) is 29.5 Å². The van der Waals surface area contributed by atoms with Crippen LogP contribution in [0.4, 0.5) is 10.8 Å². The molecule has 40 heavy (non-hydrogen) atoms. The van der Waals surface area contributed by atoms with Gasteiger partial charge < -0.3 is 9.15 Å². The Kier molecular flexibility index (Phi) is 7.03. The van der Waals surface area contributed by atoms with Gasteiger partial charge in [0.15, 0.2) is 5.13 Å². The van der Waals surface area contributed by atoms with Gasteiger partial charge in [0.1, 0.15) is 11.5 Å². The molecule has 1 amide bonds. The van der Waals surface area contributed by atoms with E-state index in [9.17, 15) is 13.2 Å². The smallest absolute Gasteiger partial charge is 0.264 e. The van der Waals surface area contributed by atoms with Gasteiger partial charge in [-0.3, -0.25) is 14.0 Å². The molecule has 2 aromatic heterocycles. The van der Waals surface area contributed by atoms with E-state index in [0.717, 1.165) is 34.4 Å². The van der Waals surface area contributed by atoms with E-state index in [2.05, 4.69) is 0 Å². The third-order valence-corrected chi connectivity index (χ3v) is 9.66. The van der Waals surface area contributed by atoms with Crippen LogP contribution in [0.2, 0.25) is 0 Å². The predicted molar refractivity (Wildman–Crippen MR) is 156 cm³/mol. The second kappa shape index (κ2) is 10.8. The minimum atomic E-state index is -3.79. The number of aromatic nitrogens is 1. The van der Waals surface area contributed by atoms with Crippen LogP contribution in [0.3, 0.4) is 0 Å². The van der Waals surface area contributed by atoms with Gasteiger partial charge in [0, 0.05) is 12.1 Å². The standard InChI is InChI=1S/C30H27N3O5S2/c1-2-37-23-13-16-26-28(19-23)39-30(31-26)32(20-24-9-6-18-38-24)29(34)22-11-14-25(15-12-22)40(35,36)33-17-5-8-21-7-3-4-10-27(21)33/h3-4,6-7,9-16,18-19H,2,5,8,17,20H2,1H3.